The molecule has 2 aromatic carbocycles. The Kier molecular flexibility index (Phi) is 5.38. The van der Waals surface area contributed by atoms with E-state index in [1.165, 1.54) is 0 Å². The third-order valence-electron chi connectivity index (χ3n) is 5.77. The van der Waals surface area contributed by atoms with E-state index in [1.807, 2.05) is 18.2 Å². The van der Waals surface area contributed by atoms with Crippen molar-refractivity contribution in [2.75, 3.05) is 19.8 Å². The second-order valence-corrected chi connectivity index (χ2v) is 9.89. The number of benzene rings is 2. The molecule has 166 valence electrons. The maximum absolute atomic E-state index is 13.2. The standard InChI is InChI=1S/C24H23NO6S/c26-24(22-11-9-18(31-22)16-32(27,28)19-5-2-1-3-6-19)25-12-4-7-20(25)17-8-10-21-23(15-17)30-14-13-29-21/h1-3,5-6,8-11,15,20H,4,7,12-14,16H2. The molecule has 0 bridgehead atoms. The minimum Gasteiger partial charge on any atom is -0.486 e. The summed E-state index contributed by atoms with van der Waals surface area (Å²) in [6, 6.07) is 17.0. The molecule has 0 N–H and O–H groups in total. The van der Waals surface area contributed by atoms with Gasteiger partial charge in [0.25, 0.3) is 5.91 Å². The highest BCUT2D eigenvalue weighted by molar-refractivity contribution is 7.90. The maximum atomic E-state index is 13.2. The van der Waals surface area contributed by atoms with Gasteiger partial charge < -0.3 is 18.8 Å². The number of fused-ring (bicyclic) bond motifs is 1. The summed E-state index contributed by atoms with van der Waals surface area (Å²) in [6.07, 6.45) is 1.71. The summed E-state index contributed by atoms with van der Waals surface area (Å²) in [7, 11) is -3.55. The summed E-state index contributed by atoms with van der Waals surface area (Å²) >= 11 is 0. The predicted molar refractivity (Wildman–Crippen MR) is 116 cm³/mol. The van der Waals surface area contributed by atoms with Crippen LogP contribution >= 0.6 is 0 Å². The zero-order valence-corrected chi connectivity index (χ0v) is 18.2. The van der Waals surface area contributed by atoms with Gasteiger partial charge in [0, 0.05) is 6.54 Å². The highest BCUT2D eigenvalue weighted by Crippen LogP contribution is 2.38. The van der Waals surface area contributed by atoms with E-state index in [-0.39, 0.29) is 34.1 Å². The number of hydrogen-bond donors (Lipinski definition) is 0. The van der Waals surface area contributed by atoms with E-state index in [0.717, 1.165) is 18.4 Å². The Morgan fingerprint density at radius 1 is 0.969 bits per heavy atom. The highest BCUT2D eigenvalue weighted by Gasteiger charge is 2.33. The number of rotatable bonds is 5. The minimum absolute atomic E-state index is 0.0973. The van der Waals surface area contributed by atoms with Gasteiger partial charge in [-0.05, 0) is 54.8 Å². The predicted octanol–water partition coefficient (Wildman–Crippen LogP) is 4.00. The van der Waals surface area contributed by atoms with Crippen LogP contribution in [0.1, 0.15) is 40.8 Å². The fourth-order valence-corrected chi connectivity index (χ4v) is 5.50. The van der Waals surface area contributed by atoms with Crippen LogP contribution in [0.4, 0.5) is 0 Å². The molecule has 1 unspecified atom stereocenters. The molecule has 7 nitrogen and oxygen atoms in total. The summed E-state index contributed by atoms with van der Waals surface area (Å²) in [5.74, 6) is 1.26. The average Bonchev–Trinajstić information content (AvgIpc) is 3.49. The van der Waals surface area contributed by atoms with Crippen molar-refractivity contribution < 1.29 is 27.1 Å². The van der Waals surface area contributed by atoms with Crippen LogP contribution in [0.5, 0.6) is 11.5 Å². The van der Waals surface area contributed by atoms with Crippen LogP contribution in [0.2, 0.25) is 0 Å². The second kappa shape index (κ2) is 8.35. The Bertz CT molecular complexity index is 1230. The Morgan fingerprint density at radius 3 is 2.56 bits per heavy atom. The zero-order chi connectivity index (χ0) is 22.1. The lowest BCUT2D eigenvalue weighted by Crippen LogP contribution is -2.30. The SMILES string of the molecule is O=C(c1ccc(CS(=O)(=O)c2ccccc2)o1)N1CCCC1c1ccc2c(c1)OCCO2. The average molecular weight is 454 g/mol. The number of furan rings is 1. The Balaban J connectivity index is 1.34. The van der Waals surface area contributed by atoms with Crippen molar-refractivity contribution in [3.05, 3.63) is 77.7 Å². The van der Waals surface area contributed by atoms with Crippen molar-refractivity contribution in [1.82, 2.24) is 4.90 Å². The van der Waals surface area contributed by atoms with Crippen LogP contribution < -0.4 is 9.47 Å². The number of amides is 1. The Hall–Kier alpha value is -3.26. The number of carbonyl (C=O) groups is 1. The zero-order valence-electron chi connectivity index (χ0n) is 17.4. The van der Waals surface area contributed by atoms with Crippen LogP contribution in [0.25, 0.3) is 0 Å². The van der Waals surface area contributed by atoms with Gasteiger partial charge in [-0.3, -0.25) is 4.79 Å². The van der Waals surface area contributed by atoms with Gasteiger partial charge in [-0.1, -0.05) is 24.3 Å². The third-order valence-corrected chi connectivity index (χ3v) is 7.43. The monoisotopic (exact) mass is 453 g/mol. The molecule has 5 rings (SSSR count). The van der Waals surface area contributed by atoms with E-state index in [9.17, 15) is 13.2 Å². The van der Waals surface area contributed by atoms with Crippen LogP contribution in [-0.4, -0.2) is 39.0 Å². The quantitative estimate of drug-likeness (QED) is 0.580. The van der Waals surface area contributed by atoms with Gasteiger partial charge in [-0.25, -0.2) is 8.42 Å². The fourth-order valence-electron chi connectivity index (χ4n) is 4.23. The first kappa shape index (κ1) is 20.6. The van der Waals surface area contributed by atoms with E-state index in [2.05, 4.69) is 0 Å². The molecule has 0 radical (unpaired) electrons. The van der Waals surface area contributed by atoms with E-state index in [1.54, 1.807) is 47.4 Å². The van der Waals surface area contributed by atoms with Crippen LogP contribution in [0.3, 0.4) is 0 Å². The Morgan fingerprint density at radius 2 is 1.75 bits per heavy atom. The van der Waals surface area contributed by atoms with Gasteiger partial charge >= 0.3 is 0 Å². The minimum atomic E-state index is -3.55. The number of ether oxygens (including phenoxy) is 2. The largest absolute Gasteiger partial charge is 0.486 e. The van der Waals surface area contributed by atoms with Gasteiger partial charge in [0.05, 0.1) is 10.9 Å². The smallest absolute Gasteiger partial charge is 0.290 e. The summed E-state index contributed by atoms with van der Waals surface area (Å²) in [4.78, 5) is 15.2. The van der Waals surface area contributed by atoms with Crippen molar-refractivity contribution >= 4 is 15.7 Å². The molecule has 2 aliphatic heterocycles. The molecule has 0 saturated carbocycles. The summed E-state index contributed by atoms with van der Waals surface area (Å²) in [5, 5.41) is 0. The molecular formula is C24H23NO6S. The van der Waals surface area contributed by atoms with Crippen molar-refractivity contribution in [1.29, 1.82) is 0 Å². The molecule has 1 saturated heterocycles. The molecule has 32 heavy (non-hydrogen) atoms. The molecule has 2 aliphatic rings. The molecule has 1 fully saturated rings. The van der Waals surface area contributed by atoms with E-state index < -0.39 is 9.84 Å². The first-order valence-corrected chi connectivity index (χ1v) is 12.2. The normalized spacial score (nSPS) is 18.0. The van der Waals surface area contributed by atoms with Crippen molar-refractivity contribution in [2.24, 2.45) is 0 Å². The molecule has 1 atom stereocenters. The Labute approximate surface area is 186 Å². The van der Waals surface area contributed by atoms with Crippen LogP contribution in [-0.2, 0) is 15.6 Å². The van der Waals surface area contributed by atoms with Gasteiger partial charge in [0.2, 0.25) is 0 Å². The third kappa shape index (κ3) is 3.98. The van der Waals surface area contributed by atoms with E-state index in [4.69, 9.17) is 13.9 Å². The molecule has 3 aromatic rings. The van der Waals surface area contributed by atoms with Gasteiger partial charge in [-0.2, -0.15) is 0 Å². The number of nitrogens with zero attached hydrogens (tertiary/aromatic N) is 1. The molecule has 0 aliphatic carbocycles. The molecule has 1 aromatic heterocycles. The maximum Gasteiger partial charge on any atom is 0.290 e. The first-order valence-electron chi connectivity index (χ1n) is 10.6. The van der Waals surface area contributed by atoms with Crippen LogP contribution in [0.15, 0.2) is 70.0 Å². The van der Waals surface area contributed by atoms with E-state index in [0.29, 0.717) is 31.3 Å². The van der Waals surface area contributed by atoms with Gasteiger partial charge in [-0.15, -0.1) is 0 Å². The summed E-state index contributed by atoms with van der Waals surface area (Å²) < 4.78 is 42.2. The highest BCUT2D eigenvalue weighted by atomic mass is 32.2. The summed E-state index contributed by atoms with van der Waals surface area (Å²) in [5.41, 5.74) is 0.985. The molecule has 8 heteroatoms. The van der Waals surface area contributed by atoms with Crippen molar-refractivity contribution in [3.63, 3.8) is 0 Å². The molecular weight excluding hydrogens is 430 g/mol. The summed E-state index contributed by atoms with van der Waals surface area (Å²) in [6.45, 7) is 1.64. The fraction of sp³-hybridized carbons (Fsp3) is 0.292. The topological polar surface area (TPSA) is 86.0 Å². The number of carbonyl (C=O) groups excluding carboxylic acids is 1. The lowest BCUT2D eigenvalue weighted by molar-refractivity contribution is 0.0701. The lowest BCUT2D eigenvalue weighted by atomic mass is 10.0. The van der Waals surface area contributed by atoms with Crippen molar-refractivity contribution in [3.8, 4) is 11.5 Å². The van der Waals surface area contributed by atoms with Gasteiger partial charge in [0.1, 0.15) is 24.7 Å². The molecule has 0 spiro atoms. The number of sulfone groups is 1. The first-order chi connectivity index (χ1) is 15.5. The van der Waals surface area contributed by atoms with Crippen molar-refractivity contribution in [2.45, 2.75) is 29.5 Å². The molecule has 3 heterocycles. The molecule has 1 amide bonds. The van der Waals surface area contributed by atoms with Gasteiger partial charge in [0.15, 0.2) is 27.1 Å². The number of likely N-dealkylation sites (tertiary alicyclic amines) is 1. The van der Waals surface area contributed by atoms with Crippen LogP contribution in [0, 0.1) is 0 Å². The lowest BCUT2D eigenvalue weighted by Gasteiger charge is -2.26. The number of hydrogen-bond acceptors (Lipinski definition) is 6. The second-order valence-electron chi connectivity index (χ2n) is 7.90. The van der Waals surface area contributed by atoms with E-state index >= 15 is 0 Å².